The molecule has 0 saturated carbocycles. The number of non-ortho nitro benzene ring substituents is 1. The van der Waals surface area contributed by atoms with Crippen molar-refractivity contribution in [2.75, 3.05) is 0 Å². The first kappa shape index (κ1) is 10.5. The van der Waals surface area contributed by atoms with Gasteiger partial charge in [-0.3, -0.25) is 10.1 Å². The molecule has 5 nitrogen and oxygen atoms in total. The molecule has 1 aromatic carbocycles. The van der Waals surface area contributed by atoms with E-state index in [1.807, 2.05) is 18.2 Å². The molecule has 0 radical (unpaired) electrons. The van der Waals surface area contributed by atoms with E-state index >= 15 is 0 Å². The average molecular weight is 239 g/mol. The Morgan fingerprint density at radius 2 is 1.94 bits per heavy atom. The summed E-state index contributed by atoms with van der Waals surface area (Å²) in [5.41, 5.74) is 2.70. The number of hydrogen-bond acceptors (Lipinski definition) is 3. The van der Waals surface area contributed by atoms with Crippen molar-refractivity contribution in [1.82, 2.24) is 9.97 Å². The summed E-state index contributed by atoms with van der Waals surface area (Å²) in [5, 5.41) is 11.6. The van der Waals surface area contributed by atoms with E-state index in [9.17, 15) is 10.1 Å². The van der Waals surface area contributed by atoms with Crippen molar-refractivity contribution in [3.8, 4) is 11.3 Å². The molecule has 0 saturated heterocycles. The molecule has 0 atom stereocenters. The molecule has 0 bridgehead atoms. The molecule has 5 heteroatoms. The Morgan fingerprint density at radius 1 is 1.17 bits per heavy atom. The van der Waals surface area contributed by atoms with Crippen LogP contribution in [-0.2, 0) is 0 Å². The van der Waals surface area contributed by atoms with Gasteiger partial charge in [0.1, 0.15) is 5.65 Å². The van der Waals surface area contributed by atoms with E-state index in [1.54, 1.807) is 18.3 Å². The summed E-state index contributed by atoms with van der Waals surface area (Å²) in [6.45, 7) is 0. The van der Waals surface area contributed by atoms with Gasteiger partial charge in [-0.2, -0.15) is 0 Å². The Balaban J connectivity index is 2.06. The van der Waals surface area contributed by atoms with Crippen LogP contribution in [0.4, 0.5) is 5.69 Å². The van der Waals surface area contributed by atoms with E-state index in [1.165, 1.54) is 12.1 Å². The molecule has 0 fully saturated rings. The van der Waals surface area contributed by atoms with Crippen molar-refractivity contribution < 1.29 is 4.92 Å². The van der Waals surface area contributed by atoms with Gasteiger partial charge in [0.15, 0.2) is 0 Å². The number of nitrogens with zero attached hydrogens (tertiary/aromatic N) is 2. The van der Waals surface area contributed by atoms with Gasteiger partial charge < -0.3 is 4.98 Å². The molecular formula is C13H9N3O2. The number of aromatic amines is 1. The van der Waals surface area contributed by atoms with Crippen LogP contribution >= 0.6 is 0 Å². The van der Waals surface area contributed by atoms with E-state index in [2.05, 4.69) is 9.97 Å². The lowest BCUT2D eigenvalue weighted by Crippen LogP contribution is -1.87. The Bertz CT molecular complexity index is 683. The monoisotopic (exact) mass is 239 g/mol. The minimum Gasteiger partial charge on any atom is -0.339 e. The van der Waals surface area contributed by atoms with E-state index in [4.69, 9.17) is 0 Å². The third-order valence-corrected chi connectivity index (χ3v) is 2.78. The maximum absolute atomic E-state index is 10.6. The van der Waals surface area contributed by atoms with Crippen LogP contribution in [0.2, 0.25) is 0 Å². The van der Waals surface area contributed by atoms with Gasteiger partial charge in [0.2, 0.25) is 0 Å². The second-order valence-electron chi connectivity index (χ2n) is 3.93. The lowest BCUT2D eigenvalue weighted by molar-refractivity contribution is -0.384. The van der Waals surface area contributed by atoms with Crippen molar-refractivity contribution in [1.29, 1.82) is 0 Å². The zero-order valence-electron chi connectivity index (χ0n) is 9.33. The predicted octanol–water partition coefficient (Wildman–Crippen LogP) is 3.14. The number of aromatic nitrogens is 2. The highest BCUT2D eigenvalue weighted by atomic mass is 16.6. The molecule has 2 heterocycles. The molecule has 0 aliphatic heterocycles. The fourth-order valence-corrected chi connectivity index (χ4v) is 1.88. The van der Waals surface area contributed by atoms with E-state index in [-0.39, 0.29) is 5.69 Å². The van der Waals surface area contributed by atoms with Gasteiger partial charge in [0.05, 0.1) is 4.92 Å². The highest BCUT2D eigenvalue weighted by molar-refractivity contribution is 5.82. The van der Waals surface area contributed by atoms with Crippen LogP contribution in [0.3, 0.4) is 0 Å². The lowest BCUT2D eigenvalue weighted by atomic mass is 10.1. The fourth-order valence-electron chi connectivity index (χ4n) is 1.88. The molecule has 0 aliphatic rings. The summed E-state index contributed by atoms with van der Waals surface area (Å²) in [5.74, 6) is 0. The number of benzene rings is 1. The zero-order valence-corrected chi connectivity index (χ0v) is 9.33. The summed E-state index contributed by atoms with van der Waals surface area (Å²) in [6, 6.07) is 12.3. The Morgan fingerprint density at radius 3 is 2.61 bits per heavy atom. The molecule has 0 amide bonds. The maximum Gasteiger partial charge on any atom is 0.269 e. The first-order valence-corrected chi connectivity index (χ1v) is 5.42. The van der Waals surface area contributed by atoms with Crippen LogP contribution < -0.4 is 0 Å². The van der Waals surface area contributed by atoms with Gasteiger partial charge in [-0.25, -0.2) is 4.98 Å². The van der Waals surface area contributed by atoms with Crippen LogP contribution in [0, 0.1) is 10.1 Å². The number of rotatable bonds is 2. The quantitative estimate of drug-likeness (QED) is 0.551. The molecule has 1 N–H and O–H groups in total. The lowest BCUT2D eigenvalue weighted by Gasteiger charge is -1.96. The predicted molar refractivity (Wildman–Crippen MR) is 68.2 cm³/mol. The van der Waals surface area contributed by atoms with Gasteiger partial charge >= 0.3 is 0 Å². The third-order valence-electron chi connectivity index (χ3n) is 2.78. The summed E-state index contributed by atoms with van der Waals surface area (Å²) in [4.78, 5) is 17.6. The summed E-state index contributed by atoms with van der Waals surface area (Å²) in [6.07, 6.45) is 1.72. The van der Waals surface area contributed by atoms with Crippen molar-refractivity contribution in [3.63, 3.8) is 0 Å². The number of nitro benzene ring substituents is 1. The van der Waals surface area contributed by atoms with Crippen LogP contribution in [0.5, 0.6) is 0 Å². The normalized spacial score (nSPS) is 10.7. The standard InChI is InChI=1S/C13H9N3O2/c17-16(18)11-5-3-9(4-6-11)12-8-10-2-1-7-14-13(10)15-12/h1-8H,(H,14,15). The SMILES string of the molecule is O=[N+]([O-])c1ccc(-c2cc3cccnc3[nH]2)cc1. The number of nitrogens with one attached hydrogen (secondary N) is 1. The van der Waals surface area contributed by atoms with Crippen molar-refractivity contribution >= 4 is 16.7 Å². The highest BCUT2D eigenvalue weighted by Crippen LogP contribution is 2.24. The molecule has 18 heavy (non-hydrogen) atoms. The number of H-pyrrole nitrogens is 1. The van der Waals surface area contributed by atoms with Crippen LogP contribution in [0.25, 0.3) is 22.3 Å². The highest BCUT2D eigenvalue weighted by Gasteiger charge is 2.07. The van der Waals surface area contributed by atoms with Crippen molar-refractivity contribution in [2.24, 2.45) is 0 Å². The molecular weight excluding hydrogens is 230 g/mol. The van der Waals surface area contributed by atoms with Gasteiger partial charge in [-0.1, -0.05) is 0 Å². The fraction of sp³-hybridized carbons (Fsp3) is 0. The molecule has 0 unspecified atom stereocenters. The van der Waals surface area contributed by atoms with Crippen molar-refractivity contribution in [3.05, 3.63) is 58.8 Å². The molecule has 0 aliphatic carbocycles. The number of fused-ring (bicyclic) bond motifs is 1. The average Bonchev–Trinajstić information content (AvgIpc) is 2.82. The van der Waals surface area contributed by atoms with Gasteiger partial charge in [-0.15, -0.1) is 0 Å². The molecule has 88 valence electrons. The Kier molecular flexibility index (Phi) is 2.30. The Hall–Kier alpha value is -2.69. The first-order chi connectivity index (χ1) is 8.74. The van der Waals surface area contributed by atoms with Crippen LogP contribution in [0.1, 0.15) is 0 Å². The molecule has 3 aromatic rings. The van der Waals surface area contributed by atoms with Crippen molar-refractivity contribution in [2.45, 2.75) is 0 Å². The zero-order chi connectivity index (χ0) is 12.5. The van der Waals surface area contributed by atoms with E-state index in [0.717, 1.165) is 22.3 Å². The smallest absolute Gasteiger partial charge is 0.269 e. The largest absolute Gasteiger partial charge is 0.339 e. The van der Waals surface area contributed by atoms with Crippen LogP contribution in [-0.4, -0.2) is 14.9 Å². The van der Waals surface area contributed by atoms with Crippen LogP contribution in [0.15, 0.2) is 48.7 Å². The van der Waals surface area contributed by atoms with Gasteiger partial charge in [-0.05, 0) is 35.9 Å². The Labute approximate surface area is 102 Å². The second-order valence-corrected chi connectivity index (χ2v) is 3.93. The maximum atomic E-state index is 10.6. The summed E-state index contributed by atoms with van der Waals surface area (Å²) < 4.78 is 0. The first-order valence-electron chi connectivity index (χ1n) is 5.42. The minimum atomic E-state index is -0.406. The number of hydrogen-bond donors (Lipinski definition) is 1. The summed E-state index contributed by atoms with van der Waals surface area (Å²) >= 11 is 0. The number of pyridine rings is 1. The minimum absolute atomic E-state index is 0.0907. The van der Waals surface area contributed by atoms with Gasteiger partial charge in [0, 0.05) is 29.4 Å². The third kappa shape index (κ3) is 1.71. The molecule has 3 rings (SSSR count). The van der Waals surface area contributed by atoms with E-state index < -0.39 is 4.92 Å². The topological polar surface area (TPSA) is 71.8 Å². The summed E-state index contributed by atoms with van der Waals surface area (Å²) in [7, 11) is 0. The molecule has 0 spiro atoms. The van der Waals surface area contributed by atoms with Gasteiger partial charge in [0.25, 0.3) is 5.69 Å². The molecule has 2 aromatic heterocycles. The second kappa shape index (κ2) is 3.96. The number of nitro groups is 1. The van der Waals surface area contributed by atoms with E-state index in [0.29, 0.717) is 0 Å².